The molecule has 0 aliphatic carbocycles. The third-order valence-corrected chi connectivity index (χ3v) is 4.98. The van der Waals surface area contributed by atoms with Crippen LogP contribution in [-0.4, -0.2) is 35.5 Å². The Morgan fingerprint density at radius 3 is 2.36 bits per heavy atom. The monoisotopic (exact) mass is 401 g/mol. The van der Waals surface area contributed by atoms with Crippen LogP contribution in [0.5, 0.6) is 0 Å². The molecule has 0 radical (unpaired) electrons. The number of carbonyl (C=O) groups is 1. The predicted molar refractivity (Wildman–Crippen MR) is 115 cm³/mol. The Hall–Kier alpha value is -2.77. The van der Waals surface area contributed by atoms with Crippen molar-refractivity contribution in [2.24, 2.45) is 5.73 Å². The molecule has 2 aromatic carbocycles. The molecule has 8 heteroatoms. The summed E-state index contributed by atoms with van der Waals surface area (Å²) in [5.74, 6) is -0.174. The molecule has 1 fully saturated rings. The lowest BCUT2D eigenvalue weighted by Crippen LogP contribution is -2.21. The van der Waals surface area contributed by atoms with Crippen LogP contribution >= 0.6 is 12.4 Å². The largest absolute Gasteiger partial charge is 0.370 e. The number of hydrogen-bond donors (Lipinski definition) is 4. The number of H-pyrrole nitrogens is 2. The number of nitrogens with zero attached hydrogens (tertiary/aromatic N) is 1. The summed E-state index contributed by atoms with van der Waals surface area (Å²) in [7, 11) is 0. The number of fused-ring (bicyclic) bond motifs is 1. The van der Waals surface area contributed by atoms with Crippen LogP contribution in [0.3, 0.4) is 0 Å². The van der Waals surface area contributed by atoms with E-state index in [0.717, 1.165) is 49.1 Å². The summed E-state index contributed by atoms with van der Waals surface area (Å²) in [5.41, 5.74) is 10.1. The van der Waals surface area contributed by atoms with E-state index in [1.165, 1.54) is 0 Å². The molecule has 1 aliphatic rings. The number of benzene rings is 2. The highest BCUT2D eigenvalue weighted by Crippen LogP contribution is 2.32. The van der Waals surface area contributed by atoms with Crippen LogP contribution in [0, 0.1) is 0 Å². The molecule has 1 saturated heterocycles. The summed E-state index contributed by atoms with van der Waals surface area (Å²) in [5, 5.41) is 3.02. The number of nitrogens with two attached hydrogens (primary N) is 1. The molecule has 0 spiro atoms. The third kappa shape index (κ3) is 4.05. The molecule has 0 bridgehead atoms. The minimum absolute atomic E-state index is 0. The van der Waals surface area contributed by atoms with Gasteiger partial charge in [-0.15, -0.1) is 12.4 Å². The van der Waals surface area contributed by atoms with Crippen LogP contribution in [-0.2, 0) is 6.42 Å². The van der Waals surface area contributed by atoms with Crippen molar-refractivity contribution in [3.8, 4) is 0 Å². The van der Waals surface area contributed by atoms with Gasteiger partial charge in [-0.25, -0.2) is 4.79 Å². The average Bonchev–Trinajstić information content (AvgIpc) is 3.30. The fourth-order valence-corrected chi connectivity index (χ4v) is 3.57. The standard InChI is InChI=1S/C20H23N5O2.ClH/c21-8-7-13-3-5-14(6-4-13)19(26)22-17-11-15-16(24-20(27)23-15)12-18(17)25-9-1-2-10-25;/h3-6,11-12H,1-2,7-10,21H2,(H,22,26)(H2,23,24,27);1H. The van der Waals surface area contributed by atoms with E-state index in [0.29, 0.717) is 23.3 Å². The fraction of sp³-hybridized carbons (Fsp3) is 0.300. The van der Waals surface area contributed by atoms with E-state index in [1.54, 1.807) is 0 Å². The van der Waals surface area contributed by atoms with Crippen molar-refractivity contribution in [3.63, 3.8) is 0 Å². The summed E-state index contributed by atoms with van der Waals surface area (Å²) in [4.78, 5) is 32.2. The number of anilines is 2. The summed E-state index contributed by atoms with van der Waals surface area (Å²) < 4.78 is 0. The first kappa shape index (κ1) is 20.0. The van der Waals surface area contributed by atoms with E-state index in [-0.39, 0.29) is 24.0 Å². The molecule has 1 aliphatic heterocycles. The second-order valence-corrected chi connectivity index (χ2v) is 6.88. The van der Waals surface area contributed by atoms with Gasteiger partial charge < -0.3 is 25.9 Å². The second kappa shape index (κ2) is 8.50. The first-order valence-corrected chi connectivity index (χ1v) is 9.25. The Morgan fingerprint density at radius 1 is 1.07 bits per heavy atom. The zero-order valence-electron chi connectivity index (χ0n) is 15.5. The number of aromatic nitrogens is 2. The number of carbonyl (C=O) groups excluding carboxylic acids is 1. The van der Waals surface area contributed by atoms with Crippen molar-refractivity contribution in [3.05, 3.63) is 58.0 Å². The van der Waals surface area contributed by atoms with E-state index < -0.39 is 0 Å². The van der Waals surface area contributed by atoms with Gasteiger partial charge in [-0.1, -0.05) is 12.1 Å². The minimum atomic E-state index is -0.253. The van der Waals surface area contributed by atoms with Gasteiger partial charge in [-0.05, 0) is 55.6 Å². The number of amides is 1. The zero-order chi connectivity index (χ0) is 18.8. The Bertz CT molecular complexity index is 1020. The molecular formula is C20H24ClN5O2. The van der Waals surface area contributed by atoms with Crippen LogP contribution in [0.2, 0.25) is 0 Å². The lowest BCUT2D eigenvalue weighted by molar-refractivity contribution is 0.102. The lowest BCUT2D eigenvalue weighted by atomic mass is 10.1. The molecule has 0 saturated carbocycles. The summed E-state index contributed by atoms with van der Waals surface area (Å²) >= 11 is 0. The van der Waals surface area contributed by atoms with Gasteiger partial charge in [0.15, 0.2) is 0 Å². The van der Waals surface area contributed by atoms with Crippen molar-refractivity contribution in [2.75, 3.05) is 29.9 Å². The minimum Gasteiger partial charge on any atom is -0.370 e. The van der Waals surface area contributed by atoms with E-state index >= 15 is 0 Å². The highest BCUT2D eigenvalue weighted by atomic mass is 35.5. The Kier molecular flexibility index (Phi) is 6.06. The zero-order valence-corrected chi connectivity index (χ0v) is 16.3. The molecular weight excluding hydrogens is 378 g/mol. The summed E-state index contributed by atoms with van der Waals surface area (Å²) in [6.45, 7) is 2.47. The number of imidazole rings is 1. The number of hydrogen-bond acceptors (Lipinski definition) is 4. The van der Waals surface area contributed by atoms with Crippen molar-refractivity contribution >= 4 is 40.7 Å². The average molecular weight is 402 g/mol. The SMILES string of the molecule is Cl.NCCc1ccc(C(=O)Nc2cc3[nH]c(=O)[nH]c3cc2N2CCCC2)cc1. The van der Waals surface area contributed by atoms with Gasteiger partial charge in [0.1, 0.15) is 0 Å². The number of nitrogens with one attached hydrogen (secondary N) is 3. The smallest absolute Gasteiger partial charge is 0.323 e. The van der Waals surface area contributed by atoms with Gasteiger partial charge in [0.25, 0.3) is 5.91 Å². The topological polar surface area (TPSA) is 107 Å². The number of aromatic amines is 2. The first-order valence-electron chi connectivity index (χ1n) is 9.25. The number of halogens is 1. The predicted octanol–water partition coefficient (Wildman–Crippen LogP) is 2.63. The molecule has 0 unspecified atom stereocenters. The van der Waals surface area contributed by atoms with E-state index in [1.807, 2.05) is 36.4 Å². The van der Waals surface area contributed by atoms with Crippen LogP contribution in [0.25, 0.3) is 11.0 Å². The normalized spacial score (nSPS) is 13.5. The highest BCUT2D eigenvalue weighted by molar-refractivity contribution is 6.07. The maximum Gasteiger partial charge on any atom is 0.323 e. The molecule has 3 aromatic rings. The molecule has 5 N–H and O–H groups in total. The number of rotatable bonds is 5. The van der Waals surface area contributed by atoms with Gasteiger partial charge in [0.2, 0.25) is 0 Å². The third-order valence-electron chi connectivity index (χ3n) is 4.98. The van der Waals surface area contributed by atoms with Gasteiger partial charge in [0.05, 0.1) is 22.4 Å². The summed E-state index contributed by atoms with van der Waals surface area (Å²) in [6.07, 6.45) is 3.04. The molecule has 148 valence electrons. The van der Waals surface area contributed by atoms with Crippen LogP contribution < -0.4 is 21.6 Å². The first-order chi connectivity index (χ1) is 13.1. The second-order valence-electron chi connectivity index (χ2n) is 6.88. The van der Waals surface area contributed by atoms with Gasteiger partial charge >= 0.3 is 5.69 Å². The fourth-order valence-electron chi connectivity index (χ4n) is 3.57. The maximum absolute atomic E-state index is 12.8. The van der Waals surface area contributed by atoms with Crippen molar-refractivity contribution < 1.29 is 4.79 Å². The summed E-state index contributed by atoms with van der Waals surface area (Å²) in [6, 6.07) is 11.2. The van der Waals surface area contributed by atoms with E-state index in [2.05, 4.69) is 20.2 Å². The van der Waals surface area contributed by atoms with Crippen molar-refractivity contribution in [1.82, 2.24) is 9.97 Å². The van der Waals surface area contributed by atoms with Crippen molar-refractivity contribution in [2.45, 2.75) is 19.3 Å². The van der Waals surface area contributed by atoms with Crippen molar-refractivity contribution in [1.29, 1.82) is 0 Å². The van der Waals surface area contributed by atoms with Gasteiger partial charge in [-0.3, -0.25) is 4.79 Å². The Labute approximate surface area is 168 Å². The molecule has 28 heavy (non-hydrogen) atoms. The lowest BCUT2D eigenvalue weighted by Gasteiger charge is -2.22. The molecule has 1 aromatic heterocycles. The van der Waals surface area contributed by atoms with Crippen LogP contribution in [0.15, 0.2) is 41.2 Å². The molecule has 0 atom stereocenters. The van der Waals surface area contributed by atoms with Crippen LogP contribution in [0.4, 0.5) is 11.4 Å². The van der Waals surface area contributed by atoms with E-state index in [9.17, 15) is 9.59 Å². The maximum atomic E-state index is 12.8. The Morgan fingerprint density at radius 2 is 1.71 bits per heavy atom. The van der Waals surface area contributed by atoms with Gasteiger partial charge in [-0.2, -0.15) is 0 Å². The molecule has 4 rings (SSSR count). The molecule has 1 amide bonds. The van der Waals surface area contributed by atoms with Crippen LogP contribution in [0.1, 0.15) is 28.8 Å². The van der Waals surface area contributed by atoms with E-state index in [4.69, 9.17) is 5.73 Å². The Balaban J connectivity index is 0.00000225. The molecule has 2 heterocycles. The highest BCUT2D eigenvalue weighted by Gasteiger charge is 2.19. The van der Waals surface area contributed by atoms with Gasteiger partial charge in [0, 0.05) is 18.7 Å². The molecule has 7 nitrogen and oxygen atoms in total. The quantitative estimate of drug-likeness (QED) is 0.527.